The average Bonchev–Trinajstić information content (AvgIpc) is 3.14. The molecule has 0 saturated carbocycles. The first-order valence-corrected chi connectivity index (χ1v) is 21.2. The Kier molecular flexibility index (Phi) is 41.6. The number of ether oxygens (including phenoxy) is 2. The third-order valence-corrected chi connectivity index (χ3v) is 8.69. The summed E-state index contributed by atoms with van der Waals surface area (Å²) < 4.78 is 11.1. The Morgan fingerprint density at radius 1 is 0.490 bits per heavy atom. The number of aliphatic hydroxyl groups is 1. The van der Waals surface area contributed by atoms with Crippen molar-refractivity contribution in [2.24, 2.45) is 0 Å². The maximum atomic E-state index is 12.2. The van der Waals surface area contributed by atoms with Crippen LogP contribution >= 0.6 is 0 Å². The van der Waals surface area contributed by atoms with E-state index in [1.165, 1.54) is 96.3 Å². The number of allylic oxidation sites excluding steroid dienone is 14. The first-order chi connectivity index (χ1) is 25.2. The van der Waals surface area contributed by atoms with Crippen LogP contribution in [0.1, 0.15) is 181 Å². The largest absolute Gasteiger partial charge is 0.457 e. The van der Waals surface area contributed by atoms with E-state index in [0.29, 0.717) is 13.0 Å². The monoisotopic (exact) mass is 709 g/mol. The van der Waals surface area contributed by atoms with E-state index < -0.39 is 6.10 Å². The Balaban J connectivity index is 3.50. The van der Waals surface area contributed by atoms with Gasteiger partial charge in [-0.2, -0.15) is 0 Å². The van der Waals surface area contributed by atoms with Gasteiger partial charge < -0.3 is 14.6 Å². The van der Waals surface area contributed by atoms with Gasteiger partial charge in [0.05, 0.1) is 13.2 Å². The van der Waals surface area contributed by atoms with Crippen LogP contribution in [0.5, 0.6) is 0 Å². The first-order valence-electron chi connectivity index (χ1n) is 21.2. The number of carbonyl (C=O) groups is 1. The van der Waals surface area contributed by atoms with Gasteiger partial charge in [0.1, 0.15) is 6.10 Å². The number of hydrogen-bond acceptors (Lipinski definition) is 4. The number of hydrogen-bond donors (Lipinski definition) is 1. The summed E-state index contributed by atoms with van der Waals surface area (Å²) in [6, 6.07) is 0. The van der Waals surface area contributed by atoms with Crippen LogP contribution in [0.15, 0.2) is 85.1 Å². The second-order valence-electron chi connectivity index (χ2n) is 13.7. The molecule has 1 N–H and O–H groups in total. The maximum Gasteiger partial charge on any atom is 0.306 e. The standard InChI is InChI=1S/C47H80O4/c1-3-5-7-9-11-13-15-17-19-20-21-22-23-24-25-26-27-28-29-30-32-34-36-38-40-42-47(49)51-46(44-48)45-50-43-41-39-37-35-33-31-18-16-14-12-10-8-6-4-2/h5,7-8,10-11,13-14,16-17,19,21-22,24-25,46,48H,3-4,6,9,12,15,18,20,23,26-45H2,1-2H3/b7-5-,10-8-,13-11-,16-14-,19-17-,22-21-,25-24-. The molecule has 1 unspecified atom stereocenters. The lowest BCUT2D eigenvalue weighted by atomic mass is 10.1. The number of esters is 1. The Morgan fingerprint density at radius 3 is 1.33 bits per heavy atom. The van der Waals surface area contributed by atoms with Crippen molar-refractivity contribution < 1.29 is 19.4 Å². The van der Waals surface area contributed by atoms with Crippen LogP contribution in [0.4, 0.5) is 0 Å². The zero-order chi connectivity index (χ0) is 37.0. The normalized spacial score (nSPS) is 13.2. The van der Waals surface area contributed by atoms with Crippen LogP contribution in [0.2, 0.25) is 0 Å². The molecular weight excluding hydrogens is 629 g/mol. The highest BCUT2D eigenvalue weighted by Crippen LogP contribution is 2.13. The van der Waals surface area contributed by atoms with Gasteiger partial charge in [0.25, 0.3) is 0 Å². The lowest BCUT2D eigenvalue weighted by Crippen LogP contribution is -2.27. The van der Waals surface area contributed by atoms with E-state index >= 15 is 0 Å². The molecule has 0 aromatic heterocycles. The Bertz CT molecular complexity index is 923. The molecule has 0 aliphatic rings. The molecule has 0 saturated heterocycles. The molecule has 0 fully saturated rings. The summed E-state index contributed by atoms with van der Waals surface area (Å²) in [6.07, 6.45) is 60.7. The molecule has 4 heteroatoms. The third-order valence-electron chi connectivity index (χ3n) is 8.69. The van der Waals surface area contributed by atoms with Crippen LogP contribution in [0, 0.1) is 0 Å². The van der Waals surface area contributed by atoms with Gasteiger partial charge in [0.15, 0.2) is 0 Å². The molecule has 0 bridgehead atoms. The molecule has 0 spiro atoms. The molecular formula is C47H80O4. The van der Waals surface area contributed by atoms with Gasteiger partial charge in [-0.15, -0.1) is 0 Å². The quantitative estimate of drug-likeness (QED) is 0.0394. The molecule has 0 aromatic rings. The number of carbonyl (C=O) groups excluding carboxylic acids is 1. The first kappa shape index (κ1) is 48.6. The molecule has 0 aliphatic heterocycles. The van der Waals surface area contributed by atoms with Gasteiger partial charge in [-0.25, -0.2) is 0 Å². The molecule has 51 heavy (non-hydrogen) atoms. The molecule has 1 atom stereocenters. The molecule has 0 aromatic carbocycles. The van der Waals surface area contributed by atoms with Crippen LogP contribution in [0.25, 0.3) is 0 Å². The Morgan fingerprint density at radius 2 is 0.882 bits per heavy atom. The van der Waals surface area contributed by atoms with E-state index in [1.807, 2.05) is 0 Å². The third kappa shape index (κ3) is 41.9. The summed E-state index contributed by atoms with van der Waals surface area (Å²) in [7, 11) is 0. The van der Waals surface area contributed by atoms with Gasteiger partial charge in [0.2, 0.25) is 0 Å². The van der Waals surface area contributed by atoms with E-state index in [-0.39, 0.29) is 19.2 Å². The molecule has 0 amide bonds. The van der Waals surface area contributed by atoms with Crippen molar-refractivity contribution in [2.75, 3.05) is 19.8 Å². The number of aliphatic hydroxyl groups excluding tert-OH is 1. The summed E-state index contributed by atoms with van der Waals surface area (Å²) >= 11 is 0. The Labute approximate surface area is 316 Å². The second kappa shape index (κ2) is 43.7. The summed E-state index contributed by atoms with van der Waals surface area (Å²) in [5.74, 6) is -0.215. The average molecular weight is 709 g/mol. The van der Waals surface area contributed by atoms with Crippen molar-refractivity contribution in [2.45, 2.75) is 187 Å². The second-order valence-corrected chi connectivity index (χ2v) is 13.7. The van der Waals surface area contributed by atoms with Gasteiger partial charge >= 0.3 is 5.97 Å². The van der Waals surface area contributed by atoms with Gasteiger partial charge in [-0.05, 0) is 83.5 Å². The number of rotatable bonds is 38. The number of unbranched alkanes of at least 4 members (excludes halogenated alkanes) is 16. The molecule has 0 heterocycles. The Hall–Kier alpha value is -2.43. The van der Waals surface area contributed by atoms with E-state index in [0.717, 1.165) is 64.2 Å². The minimum Gasteiger partial charge on any atom is -0.457 e. The summed E-state index contributed by atoms with van der Waals surface area (Å²) in [5, 5.41) is 9.59. The van der Waals surface area contributed by atoms with Crippen molar-refractivity contribution in [1.29, 1.82) is 0 Å². The molecule has 0 radical (unpaired) electrons. The van der Waals surface area contributed by atoms with Crippen LogP contribution in [-0.4, -0.2) is 37.0 Å². The predicted octanol–water partition coefficient (Wildman–Crippen LogP) is 14.0. The van der Waals surface area contributed by atoms with Crippen molar-refractivity contribution in [3.8, 4) is 0 Å². The van der Waals surface area contributed by atoms with Gasteiger partial charge in [0, 0.05) is 13.0 Å². The van der Waals surface area contributed by atoms with Crippen LogP contribution < -0.4 is 0 Å². The topological polar surface area (TPSA) is 55.8 Å². The van der Waals surface area contributed by atoms with Crippen molar-refractivity contribution in [1.82, 2.24) is 0 Å². The van der Waals surface area contributed by atoms with Crippen molar-refractivity contribution in [3.05, 3.63) is 85.1 Å². The lowest BCUT2D eigenvalue weighted by molar-refractivity contribution is -0.154. The highest BCUT2D eigenvalue weighted by atomic mass is 16.6. The van der Waals surface area contributed by atoms with E-state index in [4.69, 9.17) is 9.47 Å². The minimum atomic E-state index is -0.548. The fraction of sp³-hybridized carbons (Fsp3) is 0.681. The fourth-order valence-electron chi connectivity index (χ4n) is 5.57. The predicted molar refractivity (Wildman–Crippen MR) is 223 cm³/mol. The molecule has 0 rings (SSSR count). The highest BCUT2D eigenvalue weighted by Gasteiger charge is 2.13. The van der Waals surface area contributed by atoms with Crippen molar-refractivity contribution in [3.63, 3.8) is 0 Å². The van der Waals surface area contributed by atoms with E-state index in [1.54, 1.807) is 0 Å². The van der Waals surface area contributed by atoms with E-state index in [9.17, 15) is 9.90 Å². The van der Waals surface area contributed by atoms with Gasteiger partial charge in [-0.1, -0.05) is 176 Å². The van der Waals surface area contributed by atoms with Crippen molar-refractivity contribution >= 4 is 5.97 Å². The van der Waals surface area contributed by atoms with E-state index in [2.05, 4.69) is 98.9 Å². The van der Waals surface area contributed by atoms with Crippen LogP contribution in [-0.2, 0) is 14.3 Å². The summed E-state index contributed by atoms with van der Waals surface area (Å²) in [6.45, 7) is 5.13. The minimum absolute atomic E-state index is 0.183. The molecule has 0 aliphatic carbocycles. The zero-order valence-corrected chi connectivity index (χ0v) is 33.3. The zero-order valence-electron chi connectivity index (χ0n) is 33.3. The lowest BCUT2D eigenvalue weighted by Gasteiger charge is -2.15. The smallest absolute Gasteiger partial charge is 0.306 e. The maximum absolute atomic E-state index is 12.2. The van der Waals surface area contributed by atoms with Crippen LogP contribution in [0.3, 0.4) is 0 Å². The fourth-order valence-corrected chi connectivity index (χ4v) is 5.57. The molecule has 292 valence electrons. The SMILES string of the molecule is CC/C=C\C/C=C\C/C=C\C/C=C\C/C=C\CCCCCCCCCCCC(=O)OC(CO)COCCCCCCCC/C=C\C/C=C\CCC. The highest BCUT2D eigenvalue weighted by molar-refractivity contribution is 5.69. The summed E-state index contributed by atoms with van der Waals surface area (Å²) in [4.78, 5) is 12.2. The summed E-state index contributed by atoms with van der Waals surface area (Å²) in [5.41, 5.74) is 0. The van der Waals surface area contributed by atoms with Gasteiger partial charge in [-0.3, -0.25) is 4.79 Å². The molecule has 4 nitrogen and oxygen atoms in total.